The van der Waals surface area contributed by atoms with Gasteiger partial charge in [0, 0.05) is 31.5 Å². The standard InChI is InChI=1S/C27H29FN6O3/c1-17(35)33-13-5-6-20(15-33)37-19-11-9-18(10-12-19)30-26-29-14-21-22(28)16-34(25(21)32-26)24-8-4-7-23(31-24)27(2,3)36/h4,7-12,14,16,20,36H,5-6,13,15H2,1-3H3,(H,29,30,32)/t20-/m0/s1. The Kier molecular flexibility index (Phi) is 6.51. The first-order valence-corrected chi connectivity index (χ1v) is 12.2. The fourth-order valence-electron chi connectivity index (χ4n) is 4.36. The number of halogens is 1. The Morgan fingerprint density at radius 1 is 1.19 bits per heavy atom. The Hall–Kier alpha value is -4.05. The number of ether oxygens (including phenoxy) is 1. The Balaban J connectivity index is 1.34. The van der Waals surface area contributed by atoms with Crippen molar-refractivity contribution in [1.29, 1.82) is 0 Å². The van der Waals surface area contributed by atoms with Crippen LogP contribution in [0.5, 0.6) is 5.75 Å². The van der Waals surface area contributed by atoms with E-state index < -0.39 is 11.4 Å². The molecule has 5 rings (SSSR count). The van der Waals surface area contributed by atoms with Crippen molar-refractivity contribution in [2.45, 2.75) is 45.3 Å². The van der Waals surface area contributed by atoms with Gasteiger partial charge in [-0.1, -0.05) is 6.07 Å². The van der Waals surface area contributed by atoms with Crippen LogP contribution in [0.25, 0.3) is 16.9 Å². The van der Waals surface area contributed by atoms with Crippen LogP contribution in [0.4, 0.5) is 16.0 Å². The number of nitrogens with zero attached hydrogens (tertiary/aromatic N) is 5. The molecule has 0 bridgehead atoms. The molecule has 1 aromatic carbocycles. The molecular formula is C27H29FN6O3. The lowest BCUT2D eigenvalue weighted by Crippen LogP contribution is -2.43. The van der Waals surface area contributed by atoms with Crippen molar-refractivity contribution in [3.63, 3.8) is 0 Å². The average Bonchev–Trinajstić information content (AvgIpc) is 3.20. The second kappa shape index (κ2) is 9.78. The number of aromatic nitrogens is 4. The molecule has 0 unspecified atom stereocenters. The van der Waals surface area contributed by atoms with Gasteiger partial charge < -0.3 is 20.1 Å². The number of rotatable bonds is 6. The number of benzene rings is 1. The lowest BCUT2D eigenvalue weighted by Gasteiger charge is -2.32. The Morgan fingerprint density at radius 3 is 2.70 bits per heavy atom. The number of hydrogen-bond donors (Lipinski definition) is 2. The molecule has 1 aliphatic heterocycles. The fourth-order valence-corrected chi connectivity index (χ4v) is 4.36. The van der Waals surface area contributed by atoms with E-state index in [1.54, 1.807) is 39.0 Å². The van der Waals surface area contributed by atoms with E-state index in [1.807, 2.05) is 29.2 Å². The number of carbonyl (C=O) groups is 1. The van der Waals surface area contributed by atoms with E-state index >= 15 is 0 Å². The zero-order valence-electron chi connectivity index (χ0n) is 21.0. The van der Waals surface area contributed by atoms with Gasteiger partial charge in [-0.15, -0.1) is 0 Å². The van der Waals surface area contributed by atoms with Crippen LogP contribution in [0.3, 0.4) is 0 Å². The molecule has 3 aromatic heterocycles. The predicted molar refractivity (Wildman–Crippen MR) is 137 cm³/mol. The minimum absolute atomic E-state index is 0.0339. The molecule has 192 valence electrons. The maximum atomic E-state index is 14.7. The number of carbonyl (C=O) groups excluding carboxylic acids is 1. The first-order valence-electron chi connectivity index (χ1n) is 12.2. The second-order valence-corrected chi connectivity index (χ2v) is 9.71. The summed E-state index contributed by atoms with van der Waals surface area (Å²) in [7, 11) is 0. The molecule has 1 amide bonds. The van der Waals surface area contributed by atoms with Crippen LogP contribution < -0.4 is 10.1 Å². The summed E-state index contributed by atoms with van der Waals surface area (Å²) in [6.45, 7) is 6.23. The largest absolute Gasteiger partial charge is 0.489 e. The van der Waals surface area contributed by atoms with E-state index in [9.17, 15) is 14.3 Å². The molecule has 10 heteroatoms. The van der Waals surface area contributed by atoms with E-state index in [1.165, 1.54) is 17.0 Å². The number of hydrogen-bond acceptors (Lipinski definition) is 7. The molecular weight excluding hydrogens is 475 g/mol. The van der Waals surface area contributed by atoms with Crippen molar-refractivity contribution in [2.75, 3.05) is 18.4 Å². The van der Waals surface area contributed by atoms with E-state index in [-0.39, 0.29) is 17.4 Å². The summed E-state index contributed by atoms with van der Waals surface area (Å²) in [6, 6.07) is 12.6. The number of pyridine rings is 1. The van der Waals surface area contributed by atoms with Crippen LogP contribution in [0.15, 0.2) is 54.9 Å². The highest BCUT2D eigenvalue weighted by Crippen LogP contribution is 2.26. The van der Waals surface area contributed by atoms with Gasteiger partial charge in [0.1, 0.15) is 23.3 Å². The number of aliphatic hydroxyl groups is 1. The lowest BCUT2D eigenvalue weighted by molar-refractivity contribution is -0.131. The van der Waals surface area contributed by atoms with E-state index in [2.05, 4.69) is 20.3 Å². The normalized spacial score (nSPS) is 16.1. The van der Waals surface area contributed by atoms with Crippen molar-refractivity contribution in [3.05, 3.63) is 66.4 Å². The highest BCUT2D eigenvalue weighted by atomic mass is 19.1. The van der Waals surface area contributed by atoms with Crippen LogP contribution >= 0.6 is 0 Å². The zero-order chi connectivity index (χ0) is 26.2. The summed E-state index contributed by atoms with van der Waals surface area (Å²) in [5.41, 5.74) is 0.409. The van der Waals surface area contributed by atoms with Gasteiger partial charge in [-0.3, -0.25) is 9.36 Å². The number of fused-ring (bicyclic) bond motifs is 1. The first-order chi connectivity index (χ1) is 17.7. The Bertz CT molecular complexity index is 1430. The monoisotopic (exact) mass is 504 g/mol. The summed E-state index contributed by atoms with van der Waals surface area (Å²) < 4.78 is 22.3. The van der Waals surface area contributed by atoms with Crippen molar-refractivity contribution < 1.29 is 19.0 Å². The minimum Gasteiger partial charge on any atom is -0.489 e. The molecule has 37 heavy (non-hydrogen) atoms. The van der Waals surface area contributed by atoms with Gasteiger partial charge in [0.05, 0.1) is 17.6 Å². The highest BCUT2D eigenvalue weighted by Gasteiger charge is 2.23. The van der Waals surface area contributed by atoms with Gasteiger partial charge >= 0.3 is 0 Å². The molecule has 1 aliphatic rings. The fraction of sp³-hybridized carbons (Fsp3) is 0.333. The third kappa shape index (κ3) is 5.39. The lowest BCUT2D eigenvalue weighted by atomic mass is 10.1. The summed E-state index contributed by atoms with van der Waals surface area (Å²) in [5.74, 6) is 1.04. The van der Waals surface area contributed by atoms with Crippen molar-refractivity contribution in [3.8, 4) is 11.6 Å². The van der Waals surface area contributed by atoms with Crippen molar-refractivity contribution in [1.82, 2.24) is 24.4 Å². The maximum Gasteiger partial charge on any atom is 0.229 e. The Labute approximate surface area is 213 Å². The van der Waals surface area contributed by atoms with Gasteiger partial charge in [0.2, 0.25) is 11.9 Å². The molecule has 0 aliphatic carbocycles. The highest BCUT2D eigenvalue weighted by molar-refractivity contribution is 5.79. The van der Waals surface area contributed by atoms with Crippen LogP contribution in [0, 0.1) is 5.82 Å². The van der Waals surface area contributed by atoms with Gasteiger partial charge in [0.15, 0.2) is 11.5 Å². The summed E-state index contributed by atoms with van der Waals surface area (Å²) >= 11 is 0. The second-order valence-electron chi connectivity index (χ2n) is 9.71. The Morgan fingerprint density at radius 2 is 1.97 bits per heavy atom. The zero-order valence-corrected chi connectivity index (χ0v) is 21.0. The van der Waals surface area contributed by atoms with Crippen LogP contribution in [-0.2, 0) is 10.4 Å². The van der Waals surface area contributed by atoms with Gasteiger partial charge in [-0.2, -0.15) is 4.98 Å². The minimum atomic E-state index is -1.14. The van der Waals surface area contributed by atoms with Gasteiger partial charge in [-0.05, 0) is 63.1 Å². The van der Waals surface area contributed by atoms with Crippen molar-refractivity contribution >= 4 is 28.6 Å². The summed E-state index contributed by atoms with van der Waals surface area (Å²) in [4.78, 5) is 26.8. The molecule has 4 heterocycles. The molecule has 1 saturated heterocycles. The van der Waals surface area contributed by atoms with Crippen LogP contribution in [-0.4, -0.2) is 54.6 Å². The number of likely N-dealkylation sites (tertiary alicyclic amines) is 1. The van der Waals surface area contributed by atoms with Crippen molar-refractivity contribution in [2.24, 2.45) is 0 Å². The number of amides is 1. The molecule has 1 fully saturated rings. The average molecular weight is 505 g/mol. The maximum absolute atomic E-state index is 14.7. The summed E-state index contributed by atoms with van der Waals surface area (Å²) in [5, 5.41) is 13.7. The molecule has 0 saturated carbocycles. The quantitative estimate of drug-likeness (QED) is 0.403. The molecule has 0 spiro atoms. The molecule has 4 aromatic rings. The van der Waals surface area contributed by atoms with Gasteiger partial charge in [-0.25, -0.2) is 14.4 Å². The topological polar surface area (TPSA) is 105 Å². The van der Waals surface area contributed by atoms with E-state index in [0.29, 0.717) is 35.4 Å². The van der Waals surface area contributed by atoms with E-state index in [0.717, 1.165) is 25.1 Å². The number of piperidine rings is 1. The van der Waals surface area contributed by atoms with Crippen LogP contribution in [0.1, 0.15) is 39.3 Å². The number of anilines is 2. The molecule has 9 nitrogen and oxygen atoms in total. The van der Waals surface area contributed by atoms with Crippen LogP contribution in [0.2, 0.25) is 0 Å². The summed E-state index contributed by atoms with van der Waals surface area (Å²) in [6.07, 6.45) is 4.53. The molecule has 1 atom stereocenters. The molecule has 2 N–H and O–H groups in total. The SMILES string of the molecule is CC(=O)N1CCC[C@H](Oc2ccc(Nc3ncc4c(F)cn(-c5cccc(C(C)(C)O)n5)c4n3)cc2)C1. The third-order valence-corrected chi connectivity index (χ3v) is 6.34. The van der Waals surface area contributed by atoms with Gasteiger partial charge in [0.25, 0.3) is 0 Å². The smallest absolute Gasteiger partial charge is 0.229 e. The molecule has 0 radical (unpaired) electrons. The predicted octanol–water partition coefficient (Wildman–Crippen LogP) is 4.32. The first kappa shape index (κ1) is 24.6. The third-order valence-electron chi connectivity index (χ3n) is 6.34. The van der Waals surface area contributed by atoms with E-state index in [4.69, 9.17) is 4.74 Å². The number of nitrogens with one attached hydrogen (secondary N) is 1.